The number of benzene rings is 2. The van der Waals surface area contributed by atoms with Gasteiger partial charge in [0.15, 0.2) is 3.92 Å². The average molecular weight is 665 g/mol. The molecule has 32 heavy (non-hydrogen) atoms. The molecular weight excluding hydrogens is 644 g/mol. The van der Waals surface area contributed by atoms with Gasteiger partial charge >= 0.3 is 0 Å². The number of methoxy groups -OCH3 is 2. The number of nitrogens with zero attached hydrogens (tertiary/aromatic N) is 2. The Morgan fingerprint density at radius 2 is 1.34 bits per heavy atom. The van der Waals surface area contributed by atoms with E-state index in [2.05, 4.69) is 57.8 Å². The Morgan fingerprint density at radius 3 is 1.78 bits per heavy atom. The predicted molar refractivity (Wildman–Crippen MR) is 146 cm³/mol. The van der Waals surface area contributed by atoms with E-state index in [1.165, 1.54) is 0 Å². The molecule has 0 fully saturated rings. The summed E-state index contributed by atoms with van der Waals surface area (Å²) in [5.74, 6) is 1.43. The zero-order chi connectivity index (χ0) is 23.7. The number of rotatable bonds is 3. The van der Waals surface area contributed by atoms with Crippen LogP contribution in [-0.2, 0) is 0 Å². The normalized spacial score (nSPS) is 9.81. The van der Waals surface area contributed by atoms with E-state index in [1.807, 2.05) is 43.3 Å². The van der Waals surface area contributed by atoms with E-state index in [4.69, 9.17) is 20.9 Å². The number of nitrogen functional groups attached to an aromatic ring is 2. The minimum absolute atomic E-state index is 0.636. The van der Waals surface area contributed by atoms with E-state index in [1.54, 1.807) is 49.3 Å². The van der Waals surface area contributed by atoms with Crippen LogP contribution in [0.2, 0.25) is 0 Å². The molecule has 170 valence electrons. The Labute approximate surface area is 220 Å². The maximum atomic E-state index is 5.73. The number of halogens is 3. The molecule has 0 amide bonds. The Kier molecular flexibility index (Phi) is 10.9. The van der Waals surface area contributed by atoms with Crippen molar-refractivity contribution >= 4 is 81.8 Å². The van der Waals surface area contributed by atoms with Crippen LogP contribution in [0, 0.1) is 6.92 Å². The molecule has 0 spiro atoms. The number of hydrogen-bond donors (Lipinski definition) is 2. The van der Waals surface area contributed by atoms with Crippen LogP contribution in [0.1, 0.15) is 5.56 Å². The molecule has 0 bridgehead atoms. The van der Waals surface area contributed by atoms with Gasteiger partial charge in [0.2, 0.25) is 0 Å². The Bertz CT molecular complexity index is 1140. The van der Waals surface area contributed by atoms with Crippen molar-refractivity contribution < 1.29 is 9.47 Å². The van der Waals surface area contributed by atoms with Crippen LogP contribution in [0.4, 0.5) is 11.4 Å². The van der Waals surface area contributed by atoms with Crippen molar-refractivity contribution in [2.24, 2.45) is 0 Å². The number of aromatic nitrogens is 2. The van der Waals surface area contributed by atoms with Crippen LogP contribution in [0.3, 0.4) is 0 Å². The smallest absolute Gasteiger partial charge is 0.160 e. The SMILES string of the molecule is Brc1cnc(Br)s1.COc1cc(-c2ncc(Br)s2)ccc1N.COc1cc(C)ccc1N. The van der Waals surface area contributed by atoms with Crippen molar-refractivity contribution in [2.75, 3.05) is 25.7 Å². The Hall–Kier alpha value is -1.66. The van der Waals surface area contributed by atoms with Gasteiger partial charge in [0.25, 0.3) is 0 Å². The van der Waals surface area contributed by atoms with E-state index in [0.29, 0.717) is 17.1 Å². The number of aryl methyl sites for hydroxylation is 1. The molecule has 11 heteroatoms. The number of hydrogen-bond acceptors (Lipinski definition) is 8. The molecule has 2 aromatic carbocycles. The molecule has 2 heterocycles. The first-order valence-electron chi connectivity index (χ1n) is 8.95. The molecule has 4 aromatic rings. The van der Waals surface area contributed by atoms with Gasteiger partial charge in [-0.25, -0.2) is 9.97 Å². The summed E-state index contributed by atoms with van der Waals surface area (Å²) in [6.45, 7) is 2.00. The molecule has 0 atom stereocenters. The van der Waals surface area contributed by atoms with Crippen molar-refractivity contribution in [3.05, 3.63) is 65.8 Å². The Balaban J connectivity index is 0.000000184. The lowest BCUT2D eigenvalue weighted by molar-refractivity contribution is 0.416. The minimum Gasteiger partial charge on any atom is -0.495 e. The van der Waals surface area contributed by atoms with Gasteiger partial charge in [-0.3, -0.25) is 0 Å². The monoisotopic (exact) mass is 662 g/mol. The standard InChI is InChI=1S/C10H9BrN2OS.C8H11NO.C3HBr2NS/c1-14-8-4-6(2-3-7(8)12)10-13-5-9(11)15-10;1-6-3-4-7(9)8(5-6)10-2;4-2-1-6-3(5)7-2/h2-5H,12H2,1H3;3-5H,9H2,1-2H3;1H. The number of thiazole rings is 2. The minimum atomic E-state index is 0.636. The molecule has 4 rings (SSSR count). The van der Waals surface area contributed by atoms with Gasteiger partial charge in [-0.2, -0.15) is 0 Å². The fourth-order valence-corrected chi connectivity index (χ4v) is 5.70. The number of anilines is 2. The van der Waals surface area contributed by atoms with Crippen LogP contribution in [0.25, 0.3) is 10.6 Å². The van der Waals surface area contributed by atoms with Crippen LogP contribution in [0.5, 0.6) is 11.5 Å². The van der Waals surface area contributed by atoms with Gasteiger partial charge in [-0.15, -0.1) is 22.7 Å². The topological polar surface area (TPSA) is 96.3 Å². The fourth-order valence-electron chi connectivity index (χ4n) is 2.29. The Morgan fingerprint density at radius 1 is 0.781 bits per heavy atom. The first-order chi connectivity index (χ1) is 15.2. The van der Waals surface area contributed by atoms with Crippen molar-refractivity contribution in [1.82, 2.24) is 9.97 Å². The zero-order valence-corrected chi connectivity index (χ0v) is 23.8. The van der Waals surface area contributed by atoms with Gasteiger partial charge in [-0.05, 0) is 90.6 Å². The highest BCUT2D eigenvalue weighted by atomic mass is 79.9. The molecule has 0 aliphatic heterocycles. The van der Waals surface area contributed by atoms with Gasteiger partial charge in [0.05, 0.1) is 45.6 Å². The summed E-state index contributed by atoms with van der Waals surface area (Å²) >= 11 is 13.0. The second-order valence-corrected chi connectivity index (χ2v) is 12.2. The van der Waals surface area contributed by atoms with Gasteiger partial charge < -0.3 is 20.9 Å². The summed E-state index contributed by atoms with van der Waals surface area (Å²) in [6.07, 6.45) is 3.54. The zero-order valence-electron chi connectivity index (χ0n) is 17.4. The highest BCUT2D eigenvalue weighted by Crippen LogP contribution is 2.32. The molecule has 4 N–H and O–H groups in total. The van der Waals surface area contributed by atoms with Crippen molar-refractivity contribution in [3.63, 3.8) is 0 Å². The van der Waals surface area contributed by atoms with E-state index < -0.39 is 0 Å². The van der Waals surface area contributed by atoms with E-state index in [9.17, 15) is 0 Å². The molecule has 0 saturated carbocycles. The highest BCUT2D eigenvalue weighted by Gasteiger charge is 2.06. The first-order valence-corrected chi connectivity index (χ1v) is 13.0. The number of nitrogens with two attached hydrogens (primary N) is 2. The highest BCUT2D eigenvalue weighted by molar-refractivity contribution is 9.12. The van der Waals surface area contributed by atoms with E-state index in [0.717, 1.165) is 33.4 Å². The molecule has 6 nitrogen and oxygen atoms in total. The number of ether oxygens (including phenoxy) is 2. The summed E-state index contributed by atoms with van der Waals surface area (Å²) in [7, 11) is 3.22. The molecule has 0 aliphatic carbocycles. The summed E-state index contributed by atoms with van der Waals surface area (Å²) in [4.78, 5) is 8.17. The maximum absolute atomic E-state index is 5.73. The van der Waals surface area contributed by atoms with Crippen LogP contribution in [0.15, 0.2) is 60.3 Å². The van der Waals surface area contributed by atoms with E-state index >= 15 is 0 Å². The molecule has 0 saturated heterocycles. The summed E-state index contributed by atoms with van der Waals surface area (Å²) in [5, 5.41) is 0.945. The van der Waals surface area contributed by atoms with Crippen LogP contribution in [-0.4, -0.2) is 24.2 Å². The van der Waals surface area contributed by atoms with Gasteiger partial charge in [0.1, 0.15) is 16.5 Å². The lowest BCUT2D eigenvalue weighted by atomic mass is 10.2. The second kappa shape index (κ2) is 13.1. The molecular formula is C21H21Br3N4O2S2. The van der Waals surface area contributed by atoms with Crippen LogP contribution < -0.4 is 20.9 Å². The second-order valence-electron chi connectivity index (χ2n) is 6.09. The molecule has 0 radical (unpaired) electrons. The largest absolute Gasteiger partial charge is 0.495 e. The third-order valence-corrected chi connectivity index (χ3v) is 7.28. The van der Waals surface area contributed by atoms with Crippen molar-refractivity contribution in [1.29, 1.82) is 0 Å². The average Bonchev–Trinajstić information content (AvgIpc) is 3.38. The molecule has 0 aliphatic rings. The van der Waals surface area contributed by atoms with Crippen molar-refractivity contribution in [3.8, 4) is 22.1 Å². The first kappa shape index (κ1) is 26.6. The van der Waals surface area contributed by atoms with Gasteiger partial charge in [-0.1, -0.05) is 6.07 Å². The summed E-state index contributed by atoms with van der Waals surface area (Å²) < 4.78 is 13.1. The van der Waals surface area contributed by atoms with E-state index in [-0.39, 0.29) is 0 Å². The third-order valence-electron chi connectivity index (χ3n) is 3.80. The summed E-state index contributed by atoms with van der Waals surface area (Å²) in [5.41, 5.74) is 14.8. The predicted octanol–water partition coefficient (Wildman–Crippen LogP) is 7.42. The third kappa shape index (κ3) is 8.36. The van der Waals surface area contributed by atoms with Crippen LogP contribution >= 0.6 is 70.5 Å². The maximum Gasteiger partial charge on any atom is 0.160 e. The van der Waals surface area contributed by atoms with Crippen molar-refractivity contribution in [2.45, 2.75) is 6.92 Å². The van der Waals surface area contributed by atoms with Gasteiger partial charge in [0, 0.05) is 5.56 Å². The lowest BCUT2D eigenvalue weighted by Gasteiger charge is -2.05. The lowest BCUT2D eigenvalue weighted by Crippen LogP contribution is -1.92. The molecule has 0 unspecified atom stereocenters. The fraction of sp³-hybridized carbons (Fsp3) is 0.143. The summed E-state index contributed by atoms with van der Waals surface area (Å²) in [6, 6.07) is 11.4. The molecule has 2 aromatic heterocycles. The quantitative estimate of drug-likeness (QED) is 0.221.